The van der Waals surface area contributed by atoms with Crippen molar-refractivity contribution in [1.82, 2.24) is 0 Å². The van der Waals surface area contributed by atoms with Crippen molar-refractivity contribution in [2.45, 2.75) is 93.0 Å². The maximum Gasteiger partial charge on any atom is 0.261 e. The number of hydrogen-bond donors (Lipinski definition) is 1. The topological polar surface area (TPSA) is 29.5 Å². The van der Waals surface area contributed by atoms with Gasteiger partial charge in [0.1, 0.15) is 0 Å². The SMILES string of the molecule is CC(C)[C@@H](CC[C@H](C)C1(C)CCC(CO)C1(C)C)CO[Si](c1ccccc1)(c1ccccc1)C(C)(C)C. The van der Waals surface area contributed by atoms with Gasteiger partial charge in [-0.25, -0.2) is 0 Å². The molecule has 0 aliphatic heterocycles. The zero-order valence-electron chi connectivity index (χ0n) is 25.2. The number of rotatable bonds is 11. The van der Waals surface area contributed by atoms with E-state index in [0.717, 1.165) is 13.0 Å². The average Bonchev–Trinajstić information content (AvgIpc) is 3.10. The first-order valence-corrected chi connectivity index (χ1v) is 16.6. The molecular weight excluding hydrogens is 468 g/mol. The molecular formula is C34H54O2Si. The van der Waals surface area contributed by atoms with Crippen LogP contribution < -0.4 is 10.4 Å². The second-order valence-corrected chi connectivity index (χ2v) is 18.3. The fourth-order valence-corrected chi connectivity index (χ4v) is 11.8. The molecule has 206 valence electrons. The summed E-state index contributed by atoms with van der Waals surface area (Å²) in [4.78, 5) is 0. The number of benzene rings is 2. The molecule has 0 bridgehead atoms. The van der Waals surface area contributed by atoms with E-state index in [9.17, 15) is 5.11 Å². The molecule has 0 radical (unpaired) electrons. The summed E-state index contributed by atoms with van der Waals surface area (Å²) < 4.78 is 7.35. The summed E-state index contributed by atoms with van der Waals surface area (Å²) in [5.41, 5.74) is 0.431. The van der Waals surface area contributed by atoms with E-state index in [-0.39, 0.29) is 15.9 Å². The average molecular weight is 523 g/mol. The summed E-state index contributed by atoms with van der Waals surface area (Å²) >= 11 is 0. The van der Waals surface area contributed by atoms with Gasteiger partial charge in [-0.3, -0.25) is 0 Å². The van der Waals surface area contributed by atoms with Crippen molar-refractivity contribution < 1.29 is 9.53 Å². The zero-order chi connectivity index (χ0) is 27.5. The second-order valence-electron chi connectivity index (χ2n) is 14.0. The van der Waals surface area contributed by atoms with Gasteiger partial charge in [-0.05, 0) is 75.6 Å². The fourth-order valence-electron chi connectivity index (χ4n) is 7.21. The van der Waals surface area contributed by atoms with E-state index >= 15 is 0 Å². The summed E-state index contributed by atoms with van der Waals surface area (Å²) in [5, 5.41) is 12.7. The molecule has 2 aromatic carbocycles. The molecule has 2 unspecified atom stereocenters. The van der Waals surface area contributed by atoms with Gasteiger partial charge in [0.2, 0.25) is 0 Å². The molecule has 1 fully saturated rings. The molecule has 4 atom stereocenters. The molecule has 1 N–H and O–H groups in total. The summed E-state index contributed by atoms with van der Waals surface area (Å²) in [5.74, 6) is 2.12. The lowest BCUT2D eigenvalue weighted by molar-refractivity contribution is 0.00791. The predicted octanol–water partition coefficient (Wildman–Crippen LogP) is 7.69. The summed E-state index contributed by atoms with van der Waals surface area (Å²) in [7, 11) is -2.52. The molecule has 1 aliphatic carbocycles. The summed E-state index contributed by atoms with van der Waals surface area (Å²) in [6.07, 6.45) is 4.77. The van der Waals surface area contributed by atoms with Crippen molar-refractivity contribution >= 4 is 18.7 Å². The molecule has 37 heavy (non-hydrogen) atoms. The van der Waals surface area contributed by atoms with E-state index in [2.05, 4.69) is 123 Å². The Kier molecular flexibility index (Phi) is 9.57. The Morgan fingerprint density at radius 1 is 0.892 bits per heavy atom. The van der Waals surface area contributed by atoms with Gasteiger partial charge >= 0.3 is 0 Å². The molecule has 0 heterocycles. The Morgan fingerprint density at radius 2 is 1.41 bits per heavy atom. The van der Waals surface area contributed by atoms with E-state index in [0.29, 0.717) is 30.3 Å². The Labute approximate surface area is 229 Å². The van der Waals surface area contributed by atoms with E-state index in [1.54, 1.807) is 0 Å². The molecule has 0 aromatic heterocycles. The molecule has 0 spiro atoms. The first kappa shape index (κ1) is 30.1. The predicted molar refractivity (Wildman–Crippen MR) is 162 cm³/mol. The Hall–Kier alpha value is -1.42. The van der Waals surface area contributed by atoms with Crippen LogP contribution in [0.2, 0.25) is 5.04 Å². The highest BCUT2D eigenvalue weighted by Crippen LogP contribution is 2.60. The zero-order valence-corrected chi connectivity index (χ0v) is 26.2. The number of hydrogen-bond acceptors (Lipinski definition) is 2. The third-order valence-electron chi connectivity index (χ3n) is 10.7. The Balaban J connectivity index is 1.85. The van der Waals surface area contributed by atoms with Crippen LogP contribution in [-0.4, -0.2) is 26.6 Å². The lowest BCUT2D eigenvalue weighted by Gasteiger charge is -2.46. The summed E-state index contributed by atoms with van der Waals surface area (Å²) in [6, 6.07) is 22.0. The Bertz CT molecular complexity index is 923. The minimum atomic E-state index is -2.52. The van der Waals surface area contributed by atoms with Crippen LogP contribution in [0.5, 0.6) is 0 Å². The monoisotopic (exact) mass is 522 g/mol. The van der Waals surface area contributed by atoms with Gasteiger partial charge in [-0.1, -0.05) is 123 Å². The molecule has 1 aliphatic rings. The Morgan fingerprint density at radius 3 is 1.81 bits per heavy atom. The van der Waals surface area contributed by atoms with E-state index < -0.39 is 8.32 Å². The van der Waals surface area contributed by atoms with Crippen molar-refractivity contribution in [2.24, 2.45) is 34.5 Å². The van der Waals surface area contributed by atoms with Crippen molar-refractivity contribution in [3.63, 3.8) is 0 Å². The number of aliphatic hydroxyl groups is 1. The van der Waals surface area contributed by atoms with Crippen LogP contribution in [0.15, 0.2) is 60.7 Å². The molecule has 0 saturated heterocycles. The molecule has 3 heteroatoms. The van der Waals surface area contributed by atoms with Gasteiger partial charge in [-0.2, -0.15) is 0 Å². The van der Waals surface area contributed by atoms with Gasteiger partial charge in [0, 0.05) is 13.2 Å². The van der Waals surface area contributed by atoms with Gasteiger partial charge in [0.15, 0.2) is 0 Å². The highest BCUT2D eigenvalue weighted by atomic mass is 28.4. The van der Waals surface area contributed by atoms with Crippen LogP contribution in [0, 0.1) is 34.5 Å². The first-order valence-electron chi connectivity index (χ1n) is 14.7. The number of aliphatic hydroxyl groups excluding tert-OH is 1. The smallest absolute Gasteiger partial charge is 0.261 e. The van der Waals surface area contributed by atoms with Crippen molar-refractivity contribution in [3.8, 4) is 0 Å². The maximum atomic E-state index is 9.99. The molecule has 3 rings (SSSR count). The fraction of sp³-hybridized carbons (Fsp3) is 0.647. The maximum absolute atomic E-state index is 9.99. The minimum absolute atomic E-state index is 0.00514. The van der Waals surface area contributed by atoms with E-state index in [1.165, 1.54) is 29.6 Å². The van der Waals surface area contributed by atoms with Crippen LogP contribution >= 0.6 is 0 Å². The first-order chi connectivity index (χ1) is 17.3. The van der Waals surface area contributed by atoms with Crippen molar-refractivity contribution in [3.05, 3.63) is 60.7 Å². The lowest BCUT2D eigenvalue weighted by atomic mass is 9.59. The van der Waals surface area contributed by atoms with Crippen LogP contribution in [0.4, 0.5) is 0 Å². The van der Waals surface area contributed by atoms with E-state index in [4.69, 9.17) is 4.43 Å². The molecule has 1 saturated carbocycles. The third-order valence-corrected chi connectivity index (χ3v) is 15.7. The largest absolute Gasteiger partial charge is 0.407 e. The van der Waals surface area contributed by atoms with Crippen LogP contribution in [0.25, 0.3) is 0 Å². The van der Waals surface area contributed by atoms with Crippen LogP contribution in [0.3, 0.4) is 0 Å². The quantitative estimate of drug-likeness (QED) is 0.307. The third kappa shape index (κ3) is 5.79. The second kappa shape index (κ2) is 11.8. The molecule has 2 aromatic rings. The van der Waals surface area contributed by atoms with Crippen LogP contribution in [-0.2, 0) is 4.43 Å². The standard InChI is InChI=1S/C34H54O2Si/c1-26(2)28(21-20-27(3)34(9)23-22-29(24-35)33(34,7)8)25-36-37(32(4,5)6,30-16-12-10-13-17-30)31-18-14-11-15-19-31/h10-19,26-29,35H,20-25H2,1-9H3/t27-,28-,29?,34?/m0/s1. The minimum Gasteiger partial charge on any atom is -0.407 e. The molecule has 2 nitrogen and oxygen atoms in total. The summed E-state index contributed by atoms with van der Waals surface area (Å²) in [6.45, 7) is 22.7. The van der Waals surface area contributed by atoms with Gasteiger partial charge in [-0.15, -0.1) is 0 Å². The van der Waals surface area contributed by atoms with E-state index in [1.807, 2.05) is 0 Å². The molecule has 0 amide bonds. The van der Waals surface area contributed by atoms with Crippen molar-refractivity contribution in [2.75, 3.05) is 13.2 Å². The van der Waals surface area contributed by atoms with Crippen LogP contribution in [0.1, 0.15) is 88.0 Å². The normalized spacial score (nSPS) is 23.8. The van der Waals surface area contributed by atoms with Gasteiger partial charge in [0.25, 0.3) is 8.32 Å². The van der Waals surface area contributed by atoms with Crippen molar-refractivity contribution in [1.29, 1.82) is 0 Å². The van der Waals surface area contributed by atoms with Gasteiger partial charge in [0.05, 0.1) is 0 Å². The lowest BCUT2D eigenvalue weighted by Crippen LogP contribution is -2.67. The van der Waals surface area contributed by atoms with Gasteiger partial charge < -0.3 is 9.53 Å². The highest BCUT2D eigenvalue weighted by Gasteiger charge is 2.53. The highest BCUT2D eigenvalue weighted by molar-refractivity contribution is 6.99.